The van der Waals surface area contributed by atoms with E-state index in [1.807, 2.05) is 0 Å². The largest absolute Gasteiger partial charge is 0.395 e. The standard InChI is InChI=1S/C17H34N2O11/c20-4-7(19-9-2-17(30,6-22)15(28)13(26)11(9)24)3-18-8-1-16(29,5-21)14(27)12(25)10(8)23/h7-15,18-30H,1-6H2/t7-,8-,9-,10-,11-,12+,13+,14-,15-,16-,17-/m1/s1. The molecule has 30 heavy (non-hydrogen) atoms. The smallest absolute Gasteiger partial charge is 0.118 e. The van der Waals surface area contributed by atoms with Crippen molar-refractivity contribution in [3.8, 4) is 0 Å². The molecule has 0 radical (unpaired) electrons. The van der Waals surface area contributed by atoms with Gasteiger partial charge in [-0.3, -0.25) is 0 Å². The summed E-state index contributed by atoms with van der Waals surface area (Å²) in [6, 6.07) is -2.79. The van der Waals surface area contributed by atoms with Crippen LogP contribution in [-0.4, -0.2) is 148 Å². The van der Waals surface area contributed by atoms with E-state index in [-0.39, 0.29) is 19.4 Å². The van der Waals surface area contributed by atoms with Gasteiger partial charge in [0.2, 0.25) is 0 Å². The summed E-state index contributed by atoms with van der Waals surface area (Å²) >= 11 is 0. The zero-order valence-corrected chi connectivity index (χ0v) is 16.4. The third-order valence-corrected chi connectivity index (χ3v) is 6.26. The van der Waals surface area contributed by atoms with Crippen LogP contribution in [-0.2, 0) is 0 Å². The minimum atomic E-state index is -2.07. The molecule has 2 rings (SSSR count). The quantitative estimate of drug-likeness (QED) is 0.167. The highest BCUT2D eigenvalue weighted by Crippen LogP contribution is 2.31. The Morgan fingerprint density at radius 1 is 0.700 bits per heavy atom. The fraction of sp³-hybridized carbons (Fsp3) is 1.00. The molecule has 13 nitrogen and oxygen atoms in total. The molecule has 0 unspecified atom stereocenters. The van der Waals surface area contributed by atoms with Crippen LogP contribution in [0.1, 0.15) is 12.8 Å². The highest BCUT2D eigenvalue weighted by molar-refractivity contribution is 5.06. The van der Waals surface area contributed by atoms with Crippen LogP contribution in [0.3, 0.4) is 0 Å². The third kappa shape index (κ3) is 4.94. The summed E-state index contributed by atoms with van der Waals surface area (Å²) in [6.45, 7) is -2.30. The van der Waals surface area contributed by atoms with Gasteiger partial charge in [-0.05, 0) is 12.8 Å². The van der Waals surface area contributed by atoms with Gasteiger partial charge in [0, 0.05) is 24.7 Å². The lowest BCUT2D eigenvalue weighted by molar-refractivity contribution is -0.208. The van der Waals surface area contributed by atoms with Gasteiger partial charge in [-0.2, -0.15) is 0 Å². The van der Waals surface area contributed by atoms with Crippen molar-refractivity contribution in [2.24, 2.45) is 0 Å². The summed E-state index contributed by atoms with van der Waals surface area (Å²) in [5.74, 6) is 0. The summed E-state index contributed by atoms with van der Waals surface area (Å²) in [5, 5.41) is 114. The van der Waals surface area contributed by atoms with E-state index in [0.29, 0.717) is 0 Å². The molecule has 178 valence electrons. The van der Waals surface area contributed by atoms with Gasteiger partial charge in [-0.15, -0.1) is 0 Å². The van der Waals surface area contributed by atoms with Crippen molar-refractivity contribution in [2.45, 2.75) is 78.8 Å². The highest BCUT2D eigenvalue weighted by atomic mass is 16.4. The van der Waals surface area contributed by atoms with Crippen LogP contribution < -0.4 is 10.6 Å². The van der Waals surface area contributed by atoms with Crippen LogP contribution in [0.25, 0.3) is 0 Å². The molecule has 0 aromatic carbocycles. The summed E-state index contributed by atoms with van der Waals surface area (Å²) < 4.78 is 0. The number of aliphatic hydroxyl groups is 11. The Kier molecular flexibility index (Phi) is 8.54. The average molecular weight is 442 g/mol. The Morgan fingerprint density at radius 2 is 1.13 bits per heavy atom. The highest BCUT2D eigenvalue weighted by Gasteiger charge is 2.52. The van der Waals surface area contributed by atoms with Crippen molar-refractivity contribution in [1.82, 2.24) is 10.6 Å². The second kappa shape index (κ2) is 9.95. The fourth-order valence-corrected chi connectivity index (χ4v) is 4.17. The maximum atomic E-state index is 10.3. The number of hydrogen-bond acceptors (Lipinski definition) is 13. The van der Waals surface area contributed by atoms with Crippen molar-refractivity contribution >= 4 is 0 Å². The Balaban J connectivity index is 2.02. The van der Waals surface area contributed by atoms with E-state index in [4.69, 9.17) is 0 Å². The molecule has 0 aromatic rings. The van der Waals surface area contributed by atoms with E-state index in [1.165, 1.54) is 0 Å². The maximum Gasteiger partial charge on any atom is 0.118 e. The molecule has 2 aliphatic rings. The first-order valence-corrected chi connectivity index (χ1v) is 9.79. The molecule has 0 spiro atoms. The first-order valence-electron chi connectivity index (χ1n) is 9.79. The normalized spacial score (nSPS) is 48.5. The van der Waals surface area contributed by atoms with Crippen molar-refractivity contribution in [3.63, 3.8) is 0 Å². The van der Waals surface area contributed by atoms with Gasteiger partial charge in [-0.1, -0.05) is 0 Å². The molecular weight excluding hydrogens is 408 g/mol. The minimum Gasteiger partial charge on any atom is -0.395 e. The number of hydrogen-bond donors (Lipinski definition) is 13. The van der Waals surface area contributed by atoms with Gasteiger partial charge in [0.25, 0.3) is 0 Å². The molecule has 0 aliphatic heterocycles. The van der Waals surface area contributed by atoms with Gasteiger partial charge in [-0.25, -0.2) is 0 Å². The molecule has 0 saturated heterocycles. The van der Waals surface area contributed by atoms with Gasteiger partial charge in [0.1, 0.15) is 35.6 Å². The number of nitrogens with one attached hydrogen (secondary N) is 2. The van der Waals surface area contributed by atoms with Crippen molar-refractivity contribution < 1.29 is 56.2 Å². The predicted molar refractivity (Wildman–Crippen MR) is 98.9 cm³/mol. The fourth-order valence-electron chi connectivity index (χ4n) is 4.17. The van der Waals surface area contributed by atoms with E-state index < -0.39 is 85.8 Å². The molecule has 13 heteroatoms. The van der Waals surface area contributed by atoms with E-state index in [1.54, 1.807) is 0 Å². The SMILES string of the molecule is OC[C@@H](CN[C@@H]1C[C@@](O)(CO)[C@H](O)[C@@H](O)[C@@H]1O)N[C@@H]1C[C@@](O)(CO)[C@H](O)[C@@H](O)[C@@H]1O. The second-order valence-electron chi connectivity index (χ2n) is 8.45. The van der Waals surface area contributed by atoms with Gasteiger partial charge in [0.05, 0.1) is 32.0 Å². The lowest BCUT2D eigenvalue weighted by Crippen LogP contribution is -2.69. The number of rotatable bonds is 8. The van der Waals surface area contributed by atoms with Crippen molar-refractivity contribution in [1.29, 1.82) is 0 Å². The lowest BCUT2D eigenvalue weighted by Gasteiger charge is -2.47. The van der Waals surface area contributed by atoms with E-state index in [0.717, 1.165) is 0 Å². The summed E-state index contributed by atoms with van der Waals surface area (Å²) in [6.07, 6.45) is -10.7. The van der Waals surface area contributed by atoms with Crippen LogP contribution in [0.15, 0.2) is 0 Å². The van der Waals surface area contributed by atoms with Crippen LogP contribution in [0.5, 0.6) is 0 Å². The Morgan fingerprint density at radius 3 is 1.57 bits per heavy atom. The monoisotopic (exact) mass is 442 g/mol. The van der Waals surface area contributed by atoms with E-state index >= 15 is 0 Å². The maximum absolute atomic E-state index is 10.3. The molecular formula is C17H34N2O11. The predicted octanol–water partition coefficient (Wildman–Crippen LogP) is -7.32. The Bertz CT molecular complexity index is 560. The zero-order valence-electron chi connectivity index (χ0n) is 16.4. The molecule has 11 atom stereocenters. The first kappa shape index (κ1) is 25.7. The Hall–Kier alpha value is -0.520. The minimum absolute atomic E-state index is 0.0814. The molecule has 13 N–H and O–H groups in total. The molecule has 0 aromatic heterocycles. The topological polar surface area (TPSA) is 247 Å². The van der Waals surface area contributed by atoms with E-state index in [2.05, 4.69) is 10.6 Å². The lowest BCUT2D eigenvalue weighted by atomic mass is 9.76. The van der Waals surface area contributed by atoms with Crippen molar-refractivity contribution in [3.05, 3.63) is 0 Å². The van der Waals surface area contributed by atoms with Crippen LogP contribution in [0, 0.1) is 0 Å². The first-order chi connectivity index (χ1) is 13.9. The van der Waals surface area contributed by atoms with Crippen LogP contribution >= 0.6 is 0 Å². The second-order valence-corrected chi connectivity index (χ2v) is 8.45. The van der Waals surface area contributed by atoms with Crippen LogP contribution in [0.2, 0.25) is 0 Å². The third-order valence-electron chi connectivity index (χ3n) is 6.26. The zero-order chi connectivity index (χ0) is 22.9. The van der Waals surface area contributed by atoms with E-state index in [9.17, 15) is 56.2 Å². The van der Waals surface area contributed by atoms with Crippen LogP contribution in [0.4, 0.5) is 0 Å². The van der Waals surface area contributed by atoms with Gasteiger partial charge < -0.3 is 66.8 Å². The summed E-state index contributed by atoms with van der Waals surface area (Å²) in [4.78, 5) is 0. The number of aliphatic hydroxyl groups excluding tert-OH is 9. The van der Waals surface area contributed by atoms with Gasteiger partial charge in [0.15, 0.2) is 0 Å². The Labute approximate surface area is 172 Å². The molecule has 2 saturated carbocycles. The van der Waals surface area contributed by atoms with Gasteiger partial charge >= 0.3 is 0 Å². The summed E-state index contributed by atoms with van der Waals surface area (Å²) in [5.41, 5.74) is -4.11. The molecule has 0 heterocycles. The molecule has 2 fully saturated rings. The summed E-state index contributed by atoms with van der Waals surface area (Å²) in [7, 11) is 0. The molecule has 0 bridgehead atoms. The molecule has 0 amide bonds. The average Bonchev–Trinajstić information content (AvgIpc) is 2.74. The molecule has 2 aliphatic carbocycles. The van der Waals surface area contributed by atoms with Crippen molar-refractivity contribution in [2.75, 3.05) is 26.4 Å².